The largest absolute Gasteiger partial charge is 0.396 e. The number of aliphatic hydroxyl groups is 7. The zero-order valence-electron chi connectivity index (χ0n) is 29.1. The number of ketones is 2. The Hall–Kier alpha value is -1.87. The Bertz CT molecular complexity index is 1250. The van der Waals surface area contributed by atoms with Crippen LogP contribution in [0.1, 0.15) is 45.4 Å². The number of hydrogen-bond acceptors (Lipinski definition) is 13. The third-order valence-corrected chi connectivity index (χ3v) is 12.6. The summed E-state index contributed by atoms with van der Waals surface area (Å²) in [5, 5.41) is 83.1. The summed E-state index contributed by atoms with van der Waals surface area (Å²) in [5.41, 5.74) is 9.43. The average molecular weight is 718 g/mol. The topological polar surface area (TPSA) is 298 Å². The second kappa shape index (κ2) is 15.6. The van der Waals surface area contributed by atoms with Gasteiger partial charge in [-0.15, -0.1) is 0 Å². The van der Waals surface area contributed by atoms with Crippen LogP contribution in [0.4, 0.5) is 0 Å². The number of methoxy groups -OCH3 is 1. The molecule has 2 heterocycles. The molecule has 3 aliphatic carbocycles. The molecular weight excluding hydrogens is 658 g/mol. The van der Waals surface area contributed by atoms with Crippen molar-refractivity contribution < 1.29 is 69.9 Å². The van der Waals surface area contributed by atoms with Crippen molar-refractivity contribution in [3.8, 4) is 0 Å². The van der Waals surface area contributed by atoms with Crippen molar-refractivity contribution in [3.63, 3.8) is 0 Å². The van der Waals surface area contributed by atoms with E-state index in [1.807, 2.05) is 12.2 Å². The molecule has 0 aromatic heterocycles. The second-order valence-corrected chi connectivity index (χ2v) is 15.3. The molecule has 5 fully saturated rings. The molecule has 50 heavy (non-hydrogen) atoms. The minimum atomic E-state index is -2.78. The number of carbonyl (C=O) groups is 2. The Morgan fingerprint density at radius 1 is 1.04 bits per heavy atom. The van der Waals surface area contributed by atoms with Crippen molar-refractivity contribution in [2.45, 2.75) is 99.8 Å². The molecule has 3 saturated carbocycles. The lowest BCUT2D eigenvalue weighted by Crippen LogP contribution is -2.94. The molecule has 17 atom stereocenters. The molecule has 0 aromatic carbocycles. The van der Waals surface area contributed by atoms with Crippen LogP contribution in [0.15, 0.2) is 0 Å². The van der Waals surface area contributed by atoms with E-state index in [2.05, 4.69) is 10.3 Å². The summed E-state index contributed by atoms with van der Waals surface area (Å²) < 4.78 is 17.6. The standard InChI is InChI=1S/C33H57N5O12/c1-14-8-16-23(26(42)17(14)11-38-31(35)36-2)27(43)24-20(10-19(48-3)18(12-39)22(24)25(16)41)49-30-28(44)29(45)32(46,33(47,13-40)50-30)6-4-15-5-7-37-21(34)9-15/h14-24,26,28-30,37,39-40,42,44-47H,4-13,34H2,1-3H3,(H3,35,36,38)/p+2. The van der Waals surface area contributed by atoms with E-state index in [4.69, 9.17) is 25.7 Å². The van der Waals surface area contributed by atoms with Gasteiger partial charge < -0.3 is 55.3 Å². The van der Waals surface area contributed by atoms with Crippen LogP contribution in [0.3, 0.4) is 0 Å². The number of fused-ring (bicyclic) bond motifs is 2. The zero-order chi connectivity index (χ0) is 36.7. The normalized spacial score (nSPS) is 48.5. The molecule has 0 spiro atoms. The molecule has 2 saturated heterocycles. The minimum Gasteiger partial charge on any atom is -0.396 e. The second-order valence-electron chi connectivity index (χ2n) is 15.3. The lowest BCUT2D eigenvalue weighted by Gasteiger charge is -2.56. The molecule has 0 aromatic rings. The van der Waals surface area contributed by atoms with E-state index in [0.29, 0.717) is 19.3 Å². The van der Waals surface area contributed by atoms with Crippen LogP contribution in [0.2, 0.25) is 0 Å². The van der Waals surface area contributed by atoms with E-state index in [1.54, 1.807) is 7.05 Å². The highest BCUT2D eigenvalue weighted by Gasteiger charge is 2.66. The van der Waals surface area contributed by atoms with Crippen LogP contribution in [0.5, 0.6) is 0 Å². The predicted molar refractivity (Wildman–Crippen MR) is 173 cm³/mol. The van der Waals surface area contributed by atoms with Gasteiger partial charge in [0, 0.05) is 50.2 Å². The van der Waals surface area contributed by atoms with Crippen molar-refractivity contribution in [2.75, 3.05) is 40.5 Å². The lowest BCUT2D eigenvalue weighted by molar-refractivity contribution is -0.699. The Morgan fingerprint density at radius 2 is 1.76 bits per heavy atom. The summed E-state index contributed by atoms with van der Waals surface area (Å²) >= 11 is 0. The van der Waals surface area contributed by atoms with Crippen molar-refractivity contribution in [1.29, 1.82) is 0 Å². The number of ether oxygens (including phenoxy) is 3. The zero-order valence-corrected chi connectivity index (χ0v) is 29.1. The molecular formula is C33H59N5O12+2. The summed E-state index contributed by atoms with van der Waals surface area (Å²) in [6, 6.07) is 0. The fraction of sp³-hybridized carbons (Fsp3) is 0.909. The lowest BCUT2D eigenvalue weighted by atomic mass is 9.51. The fourth-order valence-electron chi connectivity index (χ4n) is 9.66. The number of rotatable bonds is 10. The first-order valence-electron chi connectivity index (χ1n) is 17.9. The van der Waals surface area contributed by atoms with Crippen molar-refractivity contribution >= 4 is 17.5 Å². The summed E-state index contributed by atoms with van der Waals surface area (Å²) in [7, 11) is 3.04. The molecule has 286 valence electrons. The summed E-state index contributed by atoms with van der Waals surface area (Å²) in [4.78, 5) is 31.6. The number of quaternary nitrogens is 1. The highest BCUT2D eigenvalue weighted by atomic mass is 16.8. The average Bonchev–Trinajstić information content (AvgIpc) is 3.10. The predicted octanol–water partition coefficient (Wildman–Crippen LogP) is -6.82. The van der Waals surface area contributed by atoms with Crippen molar-refractivity contribution in [2.24, 2.45) is 58.8 Å². The molecule has 2 aliphatic heterocycles. The molecule has 0 radical (unpaired) electrons. The van der Waals surface area contributed by atoms with E-state index in [-0.39, 0.29) is 49.1 Å². The van der Waals surface area contributed by atoms with Gasteiger partial charge in [0.15, 0.2) is 6.29 Å². The highest BCUT2D eigenvalue weighted by Crippen LogP contribution is 2.52. The molecule has 15 N–H and O–H groups in total. The van der Waals surface area contributed by atoms with Gasteiger partial charge in [0.05, 0.1) is 50.3 Å². The summed E-state index contributed by atoms with van der Waals surface area (Å²) in [6.07, 6.45) is -7.37. The van der Waals surface area contributed by atoms with E-state index in [1.165, 1.54) is 7.11 Å². The van der Waals surface area contributed by atoms with Crippen LogP contribution >= 0.6 is 0 Å². The van der Waals surface area contributed by atoms with Gasteiger partial charge in [-0.25, -0.2) is 0 Å². The van der Waals surface area contributed by atoms with Gasteiger partial charge in [-0.2, -0.15) is 0 Å². The van der Waals surface area contributed by atoms with Crippen molar-refractivity contribution in [1.82, 2.24) is 5.32 Å². The number of carbonyl (C=O) groups excluding carboxylic acids is 2. The van der Waals surface area contributed by atoms with E-state index >= 15 is 0 Å². The molecule has 5 aliphatic rings. The van der Waals surface area contributed by atoms with Crippen LogP contribution in [0.25, 0.3) is 0 Å². The molecule has 17 nitrogen and oxygen atoms in total. The summed E-state index contributed by atoms with van der Waals surface area (Å²) in [6.45, 7) is 1.29. The third kappa shape index (κ3) is 6.97. The highest BCUT2D eigenvalue weighted by molar-refractivity contribution is 6.01. The Labute approximate surface area is 291 Å². The third-order valence-electron chi connectivity index (χ3n) is 12.6. The van der Waals surface area contributed by atoms with Gasteiger partial charge >= 0.3 is 5.96 Å². The van der Waals surface area contributed by atoms with Gasteiger partial charge in [-0.3, -0.25) is 31.4 Å². The molecule has 0 amide bonds. The minimum absolute atomic E-state index is 0.0477. The maximum atomic E-state index is 14.5. The van der Waals surface area contributed by atoms with E-state index in [9.17, 15) is 45.3 Å². The van der Waals surface area contributed by atoms with Gasteiger partial charge in [-0.05, 0) is 37.5 Å². The Morgan fingerprint density at radius 3 is 2.38 bits per heavy atom. The first kappa shape index (κ1) is 39.3. The van der Waals surface area contributed by atoms with E-state index < -0.39 is 103 Å². The number of aliphatic hydroxyl groups excluding tert-OH is 5. The maximum absolute atomic E-state index is 14.5. The first-order valence-corrected chi connectivity index (χ1v) is 17.9. The van der Waals surface area contributed by atoms with Gasteiger partial charge in [0.25, 0.3) is 0 Å². The quantitative estimate of drug-likeness (QED) is 0.0739. The fourth-order valence-corrected chi connectivity index (χ4v) is 9.66. The van der Waals surface area contributed by atoms with Crippen LogP contribution in [-0.2, 0) is 23.8 Å². The van der Waals surface area contributed by atoms with Crippen LogP contribution in [-0.4, -0.2) is 148 Å². The number of Topliss-reactive ketones (excluding diaryl/α,β-unsaturated/α-hetero) is 2. The molecule has 0 bridgehead atoms. The molecule has 17 unspecified atom stereocenters. The van der Waals surface area contributed by atoms with Crippen molar-refractivity contribution in [3.05, 3.63) is 0 Å². The summed E-state index contributed by atoms with van der Waals surface area (Å²) in [5.74, 6) is -8.70. The monoisotopic (exact) mass is 717 g/mol. The number of nitrogens with one attached hydrogen (secondary N) is 2. The SMILES string of the molecule is C[NH+]=C(N)NCC1C(C)CC2C(=O)C3C(CO)C(OC)CC(OC4OC(O)(CO)C(O)(CCC5CC[NH2+]C(N)C5)C(O)C4O)C3C(=O)C2C1O. The van der Waals surface area contributed by atoms with E-state index in [0.717, 1.165) is 13.0 Å². The Kier molecular flexibility index (Phi) is 12.3. The number of nitrogens with two attached hydrogens (primary N) is 3. The Balaban J connectivity index is 1.41. The van der Waals surface area contributed by atoms with Gasteiger partial charge in [-0.1, -0.05) is 6.92 Å². The number of piperidine rings is 1. The first-order chi connectivity index (χ1) is 23.7. The van der Waals surface area contributed by atoms with Gasteiger partial charge in [0.1, 0.15) is 42.1 Å². The maximum Gasteiger partial charge on any atom is 0.340 e. The number of hydrogen-bond donors (Lipinski definition) is 12. The molecule has 17 heteroatoms. The van der Waals surface area contributed by atoms with Gasteiger partial charge in [0.2, 0.25) is 5.79 Å². The molecule has 5 rings (SSSR count). The van der Waals surface area contributed by atoms with Crippen LogP contribution < -0.4 is 27.1 Å². The number of guanidine groups is 1. The van der Waals surface area contributed by atoms with Crippen LogP contribution in [0, 0.1) is 47.3 Å². The smallest absolute Gasteiger partial charge is 0.340 e.